The molecule has 3 rings (SSSR count). The third-order valence-electron chi connectivity index (χ3n) is 4.47. The molecule has 1 aliphatic rings. The Labute approximate surface area is 154 Å². The van der Waals surface area contributed by atoms with Gasteiger partial charge < -0.3 is 14.4 Å². The van der Waals surface area contributed by atoms with E-state index in [0.29, 0.717) is 18.4 Å². The molecule has 1 amide bonds. The van der Waals surface area contributed by atoms with E-state index in [2.05, 4.69) is 9.97 Å². The first-order valence-corrected chi connectivity index (χ1v) is 9.23. The number of amides is 1. The van der Waals surface area contributed by atoms with Crippen LogP contribution in [-0.4, -0.2) is 46.3 Å². The maximum atomic E-state index is 12.1. The molecule has 0 bridgehead atoms. The highest BCUT2D eigenvalue weighted by molar-refractivity contribution is 5.73. The number of rotatable bonds is 4. The number of hydrogen-bond donors (Lipinski definition) is 0. The number of piperidine rings is 1. The maximum Gasteiger partial charge on any atom is 0.410 e. The van der Waals surface area contributed by atoms with E-state index in [0.717, 1.165) is 43.4 Å². The van der Waals surface area contributed by atoms with Crippen LogP contribution in [0.5, 0.6) is 5.88 Å². The Morgan fingerprint density at radius 2 is 1.88 bits per heavy atom. The zero-order chi connectivity index (χ0) is 18.6. The number of aromatic nitrogens is 2. The molecule has 6 nitrogen and oxygen atoms in total. The lowest BCUT2D eigenvalue weighted by Gasteiger charge is -2.33. The highest BCUT2D eigenvalue weighted by atomic mass is 16.6. The van der Waals surface area contributed by atoms with Gasteiger partial charge in [-0.1, -0.05) is 12.1 Å². The molecule has 0 N–H and O–H groups in total. The molecule has 6 heteroatoms. The van der Waals surface area contributed by atoms with Gasteiger partial charge in [0.15, 0.2) is 0 Å². The summed E-state index contributed by atoms with van der Waals surface area (Å²) in [7, 11) is 0. The highest BCUT2D eigenvalue weighted by Gasteiger charge is 2.26. The van der Waals surface area contributed by atoms with Crippen LogP contribution in [0.3, 0.4) is 0 Å². The Bertz CT molecular complexity index is 749. The third kappa shape index (κ3) is 5.07. The zero-order valence-corrected chi connectivity index (χ0v) is 15.8. The Morgan fingerprint density at radius 3 is 2.58 bits per heavy atom. The number of hydrogen-bond acceptors (Lipinski definition) is 5. The van der Waals surface area contributed by atoms with Crippen molar-refractivity contribution in [3.8, 4) is 5.88 Å². The van der Waals surface area contributed by atoms with Gasteiger partial charge in [0.25, 0.3) is 0 Å². The smallest absolute Gasteiger partial charge is 0.410 e. The van der Waals surface area contributed by atoms with E-state index in [1.807, 2.05) is 45.0 Å². The Kier molecular flexibility index (Phi) is 5.59. The average Bonchev–Trinajstić information content (AvgIpc) is 2.61. The lowest BCUT2D eigenvalue weighted by Crippen LogP contribution is -2.41. The van der Waals surface area contributed by atoms with Crippen LogP contribution in [-0.2, 0) is 4.74 Å². The number of benzene rings is 1. The van der Waals surface area contributed by atoms with Gasteiger partial charge in [0.2, 0.25) is 5.88 Å². The molecule has 0 spiro atoms. The van der Waals surface area contributed by atoms with Crippen molar-refractivity contribution >= 4 is 17.1 Å². The molecule has 1 aliphatic heterocycles. The summed E-state index contributed by atoms with van der Waals surface area (Å²) in [6.45, 7) is 7.79. The lowest BCUT2D eigenvalue weighted by molar-refractivity contribution is 0.0177. The van der Waals surface area contributed by atoms with E-state index < -0.39 is 5.60 Å². The molecular formula is C20H27N3O3. The minimum Gasteiger partial charge on any atom is -0.477 e. The summed E-state index contributed by atoms with van der Waals surface area (Å²) in [5, 5.41) is 0. The van der Waals surface area contributed by atoms with Crippen LogP contribution < -0.4 is 4.74 Å². The second-order valence-corrected chi connectivity index (χ2v) is 7.74. The van der Waals surface area contributed by atoms with E-state index in [-0.39, 0.29) is 6.09 Å². The van der Waals surface area contributed by atoms with Crippen molar-refractivity contribution in [2.45, 2.75) is 45.6 Å². The molecule has 0 atom stereocenters. The number of fused-ring (bicyclic) bond motifs is 1. The van der Waals surface area contributed by atoms with E-state index in [4.69, 9.17) is 9.47 Å². The molecule has 2 heterocycles. The molecule has 0 unspecified atom stereocenters. The summed E-state index contributed by atoms with van der Waals surface area (Å²) >= 11 is 0. The van der Waals surface area contributed by atoms with Gasteiger partial charge in [-0.25, -0.2) is 14.8 Å². The van der Waals surface area contributed by atoms with E-state index >= 15 is 0 Å². The van der Waals surface area contributed by atoms with Gasteiger partial charge in [0.1, 0.15) is 5.60 Å². The van der Waals surface area contributed by atoms with Crippen molar-refractivity contribution < 1.29 is 14.3 Å². The predicted molar refractivity (Wildman–Crippen MR) is 100 cm³/mol. The minimum atomic E-state index is -0.442. The SMILES string of the molecule is CC(C)(C)OC(=O)N1CCC(CCOc2cnc3ccccc3n2)CC1. The summed E-state index contributed by atoms with van der Waals surface area (Å²) in [4.78, 5) is 22.7. The highest BCUT2D eigenvalue weighted by Crippen LogP contribution is 2.22. The predicted octanol–water partition coefficient (Wildman–Crippen LogP) is 4.05. The number of likely N-dealkylation sites (tertiary alicyclic amines) is 1. The van der Waals surface area contributed by atoms with Gasteiger partial charge in [-0.05, 0) is 58.1 Å². The lowest BCUT2D eigenvalue weighted by atomic mass is 9.94. The first-order chi connectivity index (χ1) is 12.4. The topological polar surface area (TPSA) is 64.5 Å². The van der Waals surface area contributed by atoms with Crippen molar-refractivity contribution in [2.24, 2.45) is 5.92 Å². The zero-order valence-electron chi connectivity index (χ0n) is 15.8. The molecule has 140 valence electrons. The van der Waals surface area contributed by atoms with Gasteiger partial charge in [-0.2, -0.15) is 0 Å². The molecule has 1 saturated heterocycles. The summed E-state index contributed by atoms with van der Waals surface area (Å²) in [6, 6.07) is 7.76. The van der Waals surface area contributed by atoms with E-state index in [1.54, 1.807) is 11.1 Å². The minimum absolute atomic E-state index is 0.210. The standard InChI is InChI=1S/C20H27N3O3/c1-20(2,3)26-19(24)23-11-8-15(9-12-23)10-13-25-18-14-21-16-6-4-5-7-17(16)22-18/h4-7,14-15H,8-13H2,1-3H3. The Morgan fingerprint density at radius 1 is 1.19 bits per heavy atom. The van der Waals surface area contributed by atoms with Gasteiger partial charge in [-0.3, -0.25) is 0 Å². The Balaban J connectivity index is 1.41. The van der Waals surface area contributed by atoms with Crippen LogP contribution in [0.25, 0.3) is 11.0 Å². The molecule has 1 fully saturated rings. The second kappa shape index (κ2) is 7.89. The van der Waals surface area contributed by atoms with Crippen molar-refractivity contribution in [3.05, 3.63) is 30.5 Å². The summed E-state index contributed by atoms with van der Waals surface area (Å²) in [5.74, 6) is 1.12. The quantitative estimate of drug-likeness (QED) is 0.826. The van der Waals surface area contributed by atoms with Gasteiger partial charge in [0.05, 0.1) is 23.8 Å². The van der Waals surface area contributed by atoms with Gasteiger partial charge >= 0.3 is 6.09 Å². The van der Waals surface area contributed by atoms with Gasteiger partial charge in [0, 0.05) is 13.1 Å². The summed E-state index contributed by atoms with van der Waals surface area (Å²) < 4.78 is 11.2. The van der Waals surface area contributed by atoms with Crippen molar-refractivity contribution in [1.82, 2.24) is 14.9 Å². The summed E-state index contributed by atoms with van der Waals surface area (Å²) in [5.41, 5.74) is 1.27. The van der Waals surface area contributed by atoms with Crippen molar-refractivity contribution in [3.63, 3.8) is 0 Å². The molecule has 0 aliphatic carbocycles. The fraction of sp³-hybridized carbons (Fsp3) is 0.550. The van der Waals surface area contributed by atoms with E-state index in [1.165, 1.54) is 0 Å². The second-order valence-electron chi connectivity index (χ2n) is 7.74. The van der Waals surface area contributed by atoms with E-state index in [9.17, 15) is 4.79 Å². The van der Waals surface area contributed by atoms with Crippen molar-refractivity contribution in [1.29, 1.82) is 0 Å². The molecule has 26 heavy (non-hydrogen) atoms. The molecular weight excluding hydrogens is 330 g/mol. The summed E-state index contributed by atoms with van der Waals surface area (Å²) in [6.07, 6.45) is 4.38. The fourth-order valence-electron chi connectivity index (χ4n) is 3.07. The first kappa shape index (κ1) is 18.4. The number of ether oxygens (including phenoxy) is 2. The Hall–Kier alpha value is -2.37. The van der Waals surface area contributed by atoms with Gasteiger partial charge in [-0.15, -0.1) is 0 Å². The third-order valence-corrected chi connectivity index (χ3v) is 4.47. The van der Waals surface area contributed by atoms with Crippen LogP contribution in [0, 0.1) is 5.92 Å². The normalized spacial score (nSPS) is 15.9. The van der Waals surface area contributed by atoms with Crippen LogP contribution >= 0.6 is 0 Å². The first-order valence-electron chi connectivity index (χ1n) is 9.23. The van der Waals surface area contributed by atoms with Crippen molar-refractivity contribution in [2.75, 3.05) is 19.7 Å². The molecule has 2 aromatic rings. The van der Waals surface area contributed by atoms with Crippen LogP contribution in [0.2, 0.25) is 0 Å². The number of para-hydroxylation sites is 2. The monoisotopic (exact) mass is 357 g/mol. The number of carbonyl (C=O) groups is 1. The number of carbonyl (C=O) groups excluding carboxylic acids is 1. The largest absolute Gasteiger partial charge is 0.477 e. The average molecular weight is 357 g/mol. The molecule has 0 radical (unpaired) electrons. The number of nitrogens with zero attached hydrogens (tertiary/aromatic N) is 3. The fourth-order valence-corrected chi connectivity index (χ4v) is 3.07. The molecule has 1 aromatic heterocycles. The van der Waals surface area contributed by atoms with Crippen LogP contribution in [0.15, 0.2) is 30.5 Å². The van der Waals surface area contributed by atoms with Crippen LogP contribution in [0.4, 0.5) is 4.79 Å². The molecule has 0 saturated carbocycles. The molecule has 1 aromatic carbocycles. The maximum absolute atomic E-state index is 12.1. The van der Waals surface area contributed by atoms with Crippen LogP contribution in [0.1, 0.15) is 40.0 Å².